The molecule has 0 bridgehead atoms. The second kappa shape index (κ2) is 15.7. The molecule has 0 atom stereocenters. The molecule has 0 fully saturated rings. The average molecular weight is 158 g/mol. The van der Waals surface area contributed by atoms with Gasteiger partial charge < -0.3 is 9.59 Å². The molecule has 0 aliphatic heterocycles. The topological polar surface area (TPSA) is 57.5 Å². The van der Waals surface area contributed by atoms with Gasteiger partial charge in [-0.2, -0.15) is 0 Å². The molecule has 7 heteroatoms. The summed E-state index contributed by atoms with van der Waals surface area (Å²) < 4.78 is 8.74. The van der Waals surface area contributed by atoms with Gasteiger partial charge in [-0.05, 0) is 0 Å². The van der Waals surface area contributed by atoms with E-state index < -0.39 is 9.17 Å². The molecule has 0 aromatic carbocycles. The fourth-order valence-corrected chi connectivity index (χ4v) is 0. The predicted octanol–water partition coefficient (Wildman–Crippen LogP) is -4.36. The number of hydrogen-bond acceptors (Lipinski definition) is 1. The number of rotatable bonds is 0. The third-order valence-corrected chi connectivity index (χ3v) is 0. The summed E-state index contributed by atoms with van der Waals surface area (Å²) in [5.41, 5.74) is 0. The Bertz CT molecular complexity index is 37.9. The van der Waals surface area contributed by atoms with Crippen LogP contribution >= 0.6 is 0 Å². The Morgan fingerprint density at radius 2 is 1.29 bits per heavy atom. The zero-order valence-electron chi connectivity index (χ0n) is 1.80. The maximum absolute atomic E-state index is 8.74. The summed E-state index contributed by atoms with van der Waals surface area (Å²) in [6.45, 7) is 0. The molecule has 0 rings (SSSR count). The van der Waals surface area contributed by atoms with E-state index in [9.17, 15) is 0 Å². The van der Waals surface area contributed by atoms with Crippen molar-refractivity contribution in [3.05, 3.63) is 0 Å². The van der Waals surface area contributed by atoms with Crippen molar-refractivity contribution in [3.63, 3.8) is 0 Å². The summed E-state index contributed by atoms with van der Waals surface area (Å²) in [7, 11) is -3.13. The van der Waals surface area contributed by atoms with E-state index in [4.69, 9.17) is 14.1 Å². The van der Waals surface area contributed by atoms with E-state index in [1.54, 1.807) is 0 Å². The molecule has 0 saturated carbocycles. The fraction of sp³-hybridized carbons (Fsp3) is 0. The van der Waals surface area contributed by atoms with E-state index in [2.05, 4.69) is 0 Å². The summed E-state index contributed by atoms with van der Waals surface area (Å²) in [6.07, 6.45) is 0. The first-order valence-corrected chi connectivity index (χ1v) is 1.95. The monoisotopic (exact) mass is 158 g/mol. The summed E-state index contributed by atoms with van der Waals surface area (Å²) in [5.74, 6) is 0. The zero-order valence-corrected chi connectivity index (χ0v) is 2.80. The van der Waals surface area contributed by atoms with Crippen LogP contribution in [0.2, 0.25) is 0 Å². The second-order valence-electron chi connectivity index (χ2n) is 0.283. The van der Waals surface area contributed by atoms with Crippen LogP contribution in [0.4, 0.5) is 0 Å². The fourth-order valence-electron chi connectivity index (χ4n) is 0. The van der Waals surface area contributed by atoms with Gasteiger partial charge in [-0.15, -0.1) is 0 Å². The first-order chi connectivity index (χ1) is 1.73. The molecule has 0 amide bonds. The van der Waals surface area contributed by atoms with Gasteiger partial charge in [0.15, 0.2) is 17.4 Å². The SMILES string of the molecule is O=[Si](O)O.[AlH3].[MgH2].[NaH]. The first-order valence-electron chi connectivity index (χ1n) is 0.651. The second-order valence-corrected chi connectivity index (χ2v) is 0.848. The van der Waals surface area contributed by atoms with E-state index in [0.717, 1.165) is 0 Å². The van der Waals surface area contributed by atoms with Crippen LogP contribution in [-0.2, 0) is 4.46 Å². The standard InChI is InChI=1S/Al.Mg.Na.H2O3Si.6H/c;;;1-4(2)3;;;;;;/h;;;1-2H;;;;;;. The molecule has 7 heavy (non-hydrogen) atoms. The Labute approximate surface area is 92.0 Å². The van der Waals surface area contributed by atoms with E-state index in [0.29, 0.717) is 0 Å². The third kappa shape index (κ3) is 75.5. The molecule has 0 saturated heterocycles. The predicted molar refractivity (Wildman–Crippen MR) is 36.5 cm³/mol. The van der Waals surface area contributed by atoms with Gasteiger partial charge in [0.05, 0.1) is 0 Å². The molecule has 0 heterocycles. The van der Waals surface area contributed by atoms with Crippen molar-refractivity contribution in [1.29, 1.82) is 0 Å². The van der Waals surface area contributed by atoms with Gasteiger partial charge in [-0.1, -0.05) is 0 Å². The summed E-state index contributed by atoms with van der Waals surface area (Å²) >= 11 is 0. The van der Waals surface area contributed by atoms with E-state index in [1.807, 2.05) is 0 Å². The minimum atomic E-state index is -3.13. The van der Waals surface area contributed by atoms with Crippen molar-refractivity contribution >= 4 is 79.1 Å². The van der Waals surface area contributed by atoms with Gasteiger partial charge in [0.25, 0.3) is 0 Å². The summed E-state index contributed by atoms with van der Waals surface area (Å²) in [5, 5.41) is 0. The Morgan fingerprint density at radius 3 is 1.29 bits per heavy atom. The Hall–Kier alpha value is 1.92. The van der Waals surface area contributed by atoms with E-state index >= 15 is 0 Å². The molecule has 0 unspecified atom stereocenters. The van der Waals surface area contributed by atoms with Crippen LogP contribution in [0.5, 0.6) is 0 Å². The van der Waals surface area contributed by atoms with Gasteiger partial charge >= 0.3 is 61.8 Å². The van der Waals surface area contributed by atoms with Crippen molar-refractivity contribution in [1.82, 2.24) is 0 Å². The first kappa shape index (κ1) is 23.1. The van der Waals surface area contributed by atoms with Crippen LogP contribution in [0.3, 0.4) is 0 Å². The maximum atomic E-state index is 8.74. The minimum absolute atomic E-state index is 0. The van der Waals surface area contributed by atoms with E-state index in [1.165, 1.54) is 0 Å². The molecule has 0 spiro atoms. The molecule has 0 aromatic heterocycles. The molecule has 0 aromatic rings. The number of hydrogen-bond donors (Lipinski definition) is 2. The quantitative estimate of drug-likeness (QED) is 0.350. The van der Waals surface area contributed by atoms with Gasteiger partial charge in [0, 0.05) is 0 Å². The van der Waals surface area contributed by atoms with Crippen LogP contribution in [-0.4, -0.2) is 88.7 Å². The average Bonchev–Trinajstić information content (AvgIpc) is 0.811. The molecule has 2 N–H and O–H groups in total. The van der Waals surface area contributed by atoms with Crippen molar-refractivity contribution in [2.24, 2.45) is 0 Å². The Morgan fingerprint density at radius 1 is 1.29 bits per heavy atom. The van der Waals surface area contributed by atoms with Gasteiger partial charge in [-0.25, -0.2) is 0 Å². The van der Waals surface area contributed by atoms with Crippen molar-refractivity contribution in [2.75, 3.05) is 0 Å². The van der Waals surface area contributed by atoms with Crippen LogP contribution in [0.1, 0.15) is 0 Å². The third-order valence-electron chi connectivity index (χ3n) is 0. The van der Waals surface area contributed by atoms with Crippen LogP contribution in [0, 0.1) is 0 Å². The van der Waals surface area contributed by atoms with E-state index in [-0.39, 0.29) is 70.0 Å². The molecule has 0 aliphatic rings. The van der Waals surface area contributed by atoms with Gasteiger partial charge in [0.1, 0.15) is 0 Å². The van der Waals surface area contributed by atoms with Crippen LogP contribution in [0.15, 0.2) is 0 Å². The van der Waals surface area contributed by atoms with Crippen molar-refractivity contribution in [2.45, 2.75) is 0 Å². The summed E-state index contributed by atoms with van der Waals surface area (Å²) in [4.78, 5) is 14.3. The molecular weight excluding hydrogens is 150 g/mol. The summed E-state index contributed by atoms with van der Waals surface area (Å²) in [6, 6.07) is 0. The molecule has 36 valence electrons. The molecule has 3 nitrogen and oxygen atoms in total. The Balaban J connectivity index is -0.0000000150. The molecule has 0 radical (unpaired) electrons. The Kier molecular flexibility index (Phi) is 51.7. The van der Waals surface area contributed by atoms with Crippen LogP contribution in [0.25, 0.3) is 0 Å². The van der Waals surface area contributed by atoms with Crippen molar-refractivity contribution in [3.8, 4) is 0 Å². The van der Waals surface area contributed by atoms with Gasteiger partial charge in [0.2, 0.25) is 0 Å². The van der Waals surface area contributed by atoms with Crippen LogP contribution < -0.4 is 0 Å². The van der Waals surface area contributed by atoms with Gasteiger partial charge in [-0.3, -0.25) is 4.46 Å². The molecular formula is H8AlMgNaO3Si. The van der Waals surface area contributed by atoms with Crippen molar-refractivity contribution < 1.29 is 14.1 Å². The zero-order chi connectivity index (χ0) is 3.58. The molecule has 0 aliphatic carbocycles. The normalized spacial score (nSPS) is 3.43.